The van der Waals surface area contributed by atoms with Crippen LogP contribution in [0.3, 0.4) is 0 Å². The average molecular weight is 314 g/mol. The summed E-state index contributed by atoms with van der Waals surface area (Å²) in [5.41, 5.74) is 4.36. The molecule has 0 saturated carbocycles. The quantitative estimate of drug-likeness (QED) is 0.675. The minimum absolute atomic E-state index is 0.253. The highest BCUT2D eigenvalue weighted by molar-refractivity contribution is 9.10. The third kappa shape index (κ3) is 2.81. The van der Waals surface area contributed by atoms with Gasteiger partial charge < -0.3 is 0 Å². The second-order valence-corrected chi connectivity index (χ2v) is 4.69. The van der Waals surface area contributed by atoms with Crippen LogP contribution in [0.15, 0.2) is 41.3 Å². The van der Waals surface area contributed by atoms with Crippen LogP contribution < -0.4 is 11.3 Å². The van der Waals surface area contributed by atoms with Crippen molar-refractivity contribution < 1.29 is 0 Å². The lowest BCUT2D eigenvalue weighted by molar-refractivity contribution is 0.615. The summed E-state index contributed by atoms with van der Waals surface area (Å²) in [7, 11) is 0. The van der Waals surface area contributed by atoms with Crippen molar-refractivity contribution in [1.29, 1.82) is 0 Å². The number of nitrogens with one attached hydrogen (secondary N) is 1. The smallest absolute Gasteiger partial charge is 0.0908 e. The van der Waals surface area contributed by atoms with Gasteiger partial charge in [0.05, 0.1) is 17.9 Å². The molecule has 17 heavy (non-hydrogen) atoms. The lowest BCUT2D eigenvalue weighted by atomic mass is 10.1. The first-order valence-corrected chi connectivity index (χ1v) is 6.06. The summed E-state index contributed by atoms with van der Waals surface area (Å²) in [5.74, 6) is 5.57. The summed E-state index contributed by atoms with van der Waals surface area (Å²) in [6.07, 6.45) is 4.90. The Labute approximate surface area is 112 Å². The highest BCUT2D eigenvalue weighted by Gasteiger charge is 2.17. The number of halogens is 2. The summed E-state index contributed by atoms with van der Waals surface area (Å²) in [5, 5.41) is 0.646. The van der Waals surface area contributed by atoms with E-state index in [2.05, 4.69) is 31.3 Å². The molecule has 0 amide bonds. The molecular weight excluding hydrogens is 304 g/mol. The maximum Gasteiger partial charge on any atom is 0.0908 e. The molecule has 0 aliphatic rings. The molecule has 0 aliphatic carbocycles. The topological polar surface area (TPSA) is 63.8 Å². The van der Waals surface area contributed by atoms with Crippen molar-refractivity contribution in [2.24, 2.45) is 5.84 Å². The number of rotatable bonds is 3. The van der Waals surface area contributed by atoms with Crippen LogP contribution in [0, 0.1) is 0 Å². The summed E-state index contributed by atoms with van der Waals surface area (Å²) < 4.78 is 0.913. The Morgan fingerprint density at radius 1 is 1.35 bits per heavy atom. The first kappa shape index (κ1) is 12.4. The number of nitrogens with two attached hydrogens (primary N) is 1. The minimum atomic E-state index is -0.253. The van der Waals surface area contributed by atoms with Gasteiger partial charge in [0, 0.05) is 21.9 Å². The largest absolute Gasteiger partial charge is 0.271 e. The van der Waals surface area contributed by atoms with E-state index in [9.17, 15) is 0 Å². The summed E-state index contributed by atoms with van der Waals surface area (Å²) in [4.78, 5) is 8.25. The van der Waals surface area contributed by atoms with Crippen LogP contribution in [0.25, 0.3) is 0 Å². The normalized spacial score (nSPS) is 12.4. The molecule has 2 rings (SSSR count). The van der Waals surface area contributed by atoms with Crippen molar-refractivity contribution in [2.45, 2.75) is 6.04 Å². The number of nitrogens with zero attached hydrogens (tertiary/aromatic N) is 2. The Kier molecular flexibility index (Phi) is 4.06. The Morgan fingerprint density at radius 3 is 2.82 bits per heavy atom. The van der Waals surface area contributed by atoms with Crippen molar-refractivity contribution in [2.75, 3.05) is 0 Å². The van der Waals surface area contributed by atoms with Crippen molar-refractivity contribution in [3.8, 4) is 0 Å². The van der Waals surface area contributed by atoms with Gasteiger partial charge in [-0.2, -0.15) is 0 Å². The zero-order valence-corrected chi connectivity index (χ0v) is 11.1. The zero-order chi connectivity index (χ0) is 12.3. The first-order chi connectivity index (χ1) is 8.22. The number of benzene rings is 1. The molecule has 0 spiro atoms. The van der Waals surface area contributed by atoms with Gasteiger partial charge in [0.1, 0.15) is 0 Å². The third-order valence-corrected chi connectivity index (χ3v) is 3.27. The van der Waals surface area contributed by atoms with Crippen LogP contribution in [-0.4, -0.2) is 9.97 Å². The van der Waals surface area contributed by atoms with Gasteiger partial charge in [0.2, 0.25) is 0 Å². The van der Waals surface area contributed by atoms with Crippen LogP contribution in [-0.2, 0) is 0 Å². The molecule has 0 saturated heterocycles. The summed E-state index contributed by atoms with van der Waals surface area (Å²) in [6.45, 7) is 0. The molecule has 1 unspecified atom stereocenters. The van der Waals surface area contributed by atoms with Gasteiger partial charge in [-0.05, 0) is 23.8 Å². The van der Waals surface area contributed by atoms with Crippen LogP contribution in [0.4, 0.5) is 0 Å². The monoisotopic (exact) mass is 312 g/mol. The highest BCUT2D eigenvalue weighted by Crippen LogP contribution is 2.29. The van der Waals surface area contributed by atoms with E-state index in [0.29, 0.717) is 5.02 Å². The van der Waals surface area contributed by atoms with E-state index in [4.69, 9.17) is 17.4 Å². The zero-order valence-electron chi connectivity index (χ0n) is 8.77. The average Bonchev–Trinajstić information content (AvgIpc) is 2.36. The third-order valence-electron chi connectivity index (χ3n) is 2.31. The number of hydrogen-bond acceptors (Lipinski definition) is 4. The molecule has 0 radical (unpaired) electrons. The fourth-order valence-electron chi connectivity index (χ4n) is 1.53. The van der Waals surface area contributed by atoms with E-state index < -0.39 is 0 Å². The van der Waals surface area contributed by atoms with Crippen LogP contribution in [0.2, 0.25) is 5.02 Å². The molecule has 1 atom stereocenters. The molecular formula is C11H10BrClN4. The number of hydrogen-bond donors (Lipinski definition) is 2. The maximum atomic E-state index is 5.98. The standard InChI is InChI=1S/C11H10BrClN4/c12-9-2-1-7(13)5-8(9)11(17-14)10-6-15-3-4-16-10/h1-6,11,17H,14H2. The SMILES string of the molecule is NNC(c1cnccn1)c1cc(Cl)ccc1Br. The fourth-order valence-corrected chi connectivity index (χ4v) is 2.19. The van der Waals surface area contributed by atoms with E-state index in [1.54, 1.807) is 24.7 Å². The summed E-state index contributed by atoms with van der Waals surface area (Å²) >= 11 is 9.45. The van der Waals surface area contributed by atoms with E-state index >= 15 is 0 Å². The van der Waals surface area contributed by atoms with Crippen LogP contribution >= 0.6 is 27.5 Å². The van der Waals surface area contributed by atoms with E-state index in [-0.39, 0.29) is 6.04 Å². The van der Waals surface area contributed by atoms with Gasteiger partial charge >= 0.3 is 0 Å². The molecule has 1 heterocycles. The second kappa shape index (κ2) is 5.55. The number of hydrazine groups is 1. The molecule has 0 aliphatic heterocycles. The number of aromatic nitrogens is 2. The minimum Gasteiger partial charge on any atom is -0.271 e. The maximum absolute atomic E-state index is 5.98. The molecule has 1 aromatic carbocycles. The predicted octanol–water partition coefficient (Wildman–Crippen LogP) is 2.45. The van der Waals surface area contributed by atoms with Crippen molar-refractivity contribution in [3.05, 3.63) is 57.5 Å². The van der Waals surface area contributed by atoms with E-state index in [1.165, 1.54) is 0 Å². The van der Waals surface area contributed by atoms with E-state index in [0.717, 1.165) is 15.7 Å². The highest BCUT2D eigenvalue weighted by atomic mass is 79.9. The lowest BCUT2D eigenvalue weighted by Gasteiger charge is -2.17. The van der Waals surface area contributed by atoms with Crippen molar-refractivity contribution in [3.63, 3.8) is 0 Å². The molecule has 88 valence electrons. The van der Waals surface area contributed by atoms with Crippen molar-refractivity contribution >= 4 is 27.5 Å². The molecule has 0 fully saturated rings. The van der Waals surface area contributed by atoms with Gasteiger partial charge in [0.25, 0.3) is 0 Å². The van der Waals surface area contributed by atoms with E-state index in [1.807, 2.05) is 12.1 Å². The Morgan fingerprint density at radius 2 is 2.18 bits per heavy atom. The predicted molar refractivity (Wildman–Crippen MR) is 70.4 cm³/mol. The van der Waals surface area contributed by atoms with Gasteiger partial charge in [-0.1, -0.05) is 27.5 Å². The fraction of sp³-hybridized carbons (Fsp3) is 0.0909. The van der Waals surface area contributed by atoms with Gasteiger partial charge in [-0.15, -0.1) is 0 Å². The molecule has 1 aromatic heterocycles. The van der Waals surface area contributed by atoms with Gasteiger partial charge in [-0.25, -0.2) is 5.43 Å². The Balaban J connectivity index is 2.46. The van der Waals surface area contributed by atoms with Crippen LogP contribution in [0.5, 0.6) is 0 Å². The summed E-state index contributed by atoms with van der Waals surface area (Å²) in [6, 6.07) is 5.26. The molecule has 3 N–H and O–H groups in total. The van der Waals surface area contributed by atoms with Gasteiger partial charge in [0.15, 0.2) is 0 Å². The van der Waals surface area contributed by atoms with Crippen molar-refractivity contribution in [1.82, 2.24) is 15.4 Å². The first-order valence-electron chi connectivity index (χ1n) is 4.89. The lowest BCUT2D eigenvalue weighted by Crippen LogP contribution is -2.29. The Bertz CT molecular complexity index is 506. The van der Waals surface area contributed by atoms with Gasteiger partial charge in [-0.3, -0.25) is 15.8 Å². The molecule has 4 nitrogen and oxygen atoms in total. The molecule has 0 bridgehead atoms. The molecule has 2 aromatic rings. The second-order valence-electron chi connectivity index (χ2n) is 3.40. The van der Waals surface area contributed by atoms with Crippen LogP contribution in [0.1, 0.15) is 17.3 Å². The molecule has 6 heteroatoms. The Hall–Kier alpha value is -1.01.